The minimum absolute atomic E-state index is 0.371. The number of benzene rings is 1. The summed E-state index contributed by atoms with van der Waals surface area (Å²) in [5.74, 6) is -1.03. The van der Waals surface area contributed by atoms with Gasteiger partial charge in [0.2, 0.25) is 0 Å². The van der Waals surface area contributed by atoms with E-state index < -0.39 is 5.82 Å². The first-order valence-corrected chi connectivity index (χ1v) is 5.11. The number of carbonyl (C=O) groups is 1. The molecule has 0 radical (unpaired) electrons. The quantitative estimate of drug-likeness (QED) is 0.793. The Balaban J connectivity index is 2.44. The van der Waals surface area contributed by atoms with Crippen molar-refractivity contribution in [2.75, 3.05) is 0 Å². The highest BCUT2D eigenvalue weighted by atomic mass is 32.1. The summed E-state index contributed by atoms with van der Waals surface area (Å²) < 4.78 is 13.0. The molecular weight excluding hydrogens is 215 g/mol. The molecule has 1 heterocycles. The van der Waals surface area contributed by atoms with Gasteiger partial charge in [0.1, 0.15) is 0 Å². The molecule has 15 heavy (non-hydrogen) atoms. The summed E-state index contributed by atoms with van der Waals surface area (Å²) in [5, 5.41) is 10.8. The number of rotatable bonds is 2. The van der Waals surface area contributed by atoms with Crippen LogP contribution in [0.25, 0.3) is 11.1 Å². The molecule has 1 aromatic carbocycles. The van der Waals surface area contributed by atoms with Gasteiger partial charge in [-0.3, -0.25) is 4.79 Å². The number of hydrogen-bond donors (Lipinski definition) is 1. The van der Waals surface area contributed by atoms with Crippen LogP contribution in [0.15, 0.2) is 29.6 Å². The van der Waals surface area contributed by atoms with E-state index in [2.05, 4.69) is 0 Å². The molecule has 0 saturated heterocycles. The van der Waals surface area contributed by atoms with Crippen LogP contribution in [0.4, 0.5) is 4.39 Å². The van der Waals surface area contributed by atoms with Crippen LogP contribution in [-0.2, 0) is 0 Å². The van der Waals surface area contributed by atoms with Gasteiger partial charge in [-0.15, -0.1) is 11.3 Å². The first-order valence-electron chi connectivity index (χ1n) is 4.23. The van der Waals surface area contributed by atoms with Crippen molar-refractivity contribution in [3.63, 3.8) is 0 Å². The lowest BCUT2D eigenvalue weighted by Gasteiger charge is -1.99. The molecule has 1 aromatic heterocycles. The van der Waals surface area contributed by atoms with Crippen LogP contribution >= 0.6 is 11.3 Å². The second-order valence-electron chi connectivity index (χ2n) is 3.02. The SMILES string of the molecule is O=Cc1cc(-c2ccc(O)c(F)c2)cs1. The summed E-state index contributed by atoms with van der Waals surface area (Å²) >= 11 is 1.30. The number of hydrogen-bond acceptors (Lipinski definition) is 3. The minimum atomic E-state index is -0.661. The number of aldehydes is 1. The number of aromatic hydroxyl groups is 1. The van der Waals surface area contributed by atoms with Gasteiger partial charge < -0.3 is 5.11 Å². The van der Waals surface area contributed by atoms with Crippen molar-refractivity contribution in [1.82, 2.24) is 0 Å². The molecule has 0 fully saturated rings. The van der Waals surface area contributed by atoms with E-state index in [0.29, 0.717) is 10.4 Å². The van der Waals surface area contributed by atoms with Gasteiger partial charge in [-0.2, -0.15) is 0 Å². The average Bonchev–Trinajstić information content (AvgIpc) is 2.70. The summed E-state index contributed by atoms with van der Waals surface area (Å²) in [6.07, 6.45) is 0.755. The Kier molecular flexibility index (Phi) is 2.51. The molecule has 0 aliphatic rings. The maximum Gasteiger partial charge on any atom is 0.165 e. The maximum atomic E-state index is 13.0. The van der Waals surface area contributed by atoms with Gasteiger partial charge in [-0.05, 0) is 34.7 Å². The maximum absolute atomic E-state index is 13.0. The molecule has 0 aliphatic heterocycles. The largest absolute Gasteiger partial charge is 0.505 e. The van der Waals surface area contributed by atoms with Crippen molar-refractivity contribution in [1.29, 1.82) is 0 Å². The molecule has 2 nitrogen and oxygen atoms in total. The minimum Gasteiger partial charge on any atom is -0.505 e. The van der Waals surface area contributed by atoms with Crippen molar-refractivity contribution in [3.8, 4) is 16.9 Å². The van der Waals surface area contributed by atoms with Crippen LogP contribution in [0.1, 0.15) is 9.67 Å². The van der Waals surface area contributed by atoms with Crippen molar-refractivity contribution in [3.05, 3.63) is 40.3 Å². The first-order chi connectivity index (χ1) is 7.20. The van der Waals surface area contributed by atoms with E-state index in [1.54, 1.807) is 17.5 Å². The summed E-state index contributed by atoms with van der Waals surface area (Å²) in [6, 6.07) is 5.83. The van der Waals surface area contributed by atoms with E-state index in [0.717, 1.165) is 11.8 Å². The second-order valence-corrected chi connectivity index (χ2v) is 3.96. The molecule has 4 heteroatoms. The van der Waals surface area contributed by atoms with Crippen molar-refractivity contribution >= 4 is 17.6 Å². The molecule has 0 saturated carbocycles. The Morgan fingerprint density at radius 3 is 2.67 bits per heavy atom. The Morgan fingerprint density at radius 2 is 2.07 bits per heavy atom. The molecule has 0 spiro atoms. The van der Waals surface area contributed by atoms with Crippen LogP contribution in [0.5, 0.6) is 5.75 Å². The Bertz CT molecular complexity index is 505. The fourth-order valence-electron chi connectivity index (χ4n) is 1.25. The van der Waals surface area contributed by atoms with Crippen molar-refractivity contribution in [2.45, 2.75) is 0 Å². The van der Waals surface area contributed by atoms with Gasteiger partial charge in [0.05, 0.1) is 4.88 Å². The van der Waals surface area contributed by atoms with Crippen LogP contribution in [0, 0.1) is 5.82 Å². The normalized spacial score (nSPS) is 10.2. The Morgan fingerprint density at radius 1 is 1.27 bits per heavy atom. The highest BCUT2D eigenvalue weighted by molar-refractivity contribution is 7.12. The van der Waals surface area contributed by atoms with E-state index in [4.69, 9.17) is 5.11 Å². The third-order valence-electron chi connectivity index (χ3n) is 2.02. The molecule has 76 valence electrons. The molecule has 2 rings (SSSR count). The summed E-state index contributed by atoms with van der Waals surface area (Å²) in [4.78, 5) is 11.1. The van der Waals surface area contributed by atoms with Crippen LogP contribution in [-0.4, -0.2) is 11.4 Å². The highest BCUT2D eigenvalue weighted by Crippen LogP contribution is 2.27. The Hall–Kier alpha value is -1.68. The van der Waals surface area contributed by atoms with Gasteiger partial charge in [-0.25, -0.2) is 4.39 Å². The van der Waals surface area contributed by atoms with E-state index in [1.165, 1.54) is 23.5 Å². The molecule has 2 aromatic rings. The smallest absolute Gasteiger partial charge is 0.165 e. The zero-order valence-electron chi connectivity index (χ0n) is 7.61. The van der Waals surface area contributed by atoms with Gasteiger partial charge in [0, 0.05) is 0 Å². The third-order valence-corrected chi connectivity index (χ3v) is 2.87. The van der Waals surface area contributed by atoms with Crippen molar-refractivity contribution < 1.29 is 14.3 Å². The zero-order valence-corrected chi connectivity index (χ0v) is 8.42. The lowest BCUT2D eigenvalue weighted by Crippen LogP contribution is -1.79. The molecule has 0 aliphatic carbocycles. The van der Waals surface area contributed by atoms with E-state index in [-0.39, 0.29) is 5.75 Å². The van der Waals surface area contributed by atoms with Crippen molar-refractivity contribution in [2.24, 2.45) is 0 Å². The number of carbonyl (C=O) groups excluding carboxylic acids is 1. The standard InChI is InChI=1S/C11H7FO2S/c12-10-4-7(1-2-11(10)14)8-3-9(5-13)15-6-8/h1-6,14H. The van der Waals surface area contributed by atoms with Gasteiger partial charge in [0.25, 0.3) is 0 Å². The van der Waals surface area contributed by atoms with E-state index in [1.807, 2.05) is 0 Å². The summed E-state index contributed by atoms with van der Waals surface area (Å²) in [5.41, 5.74) is 1.43. The van der Waals surface area contributed by atoms with Gasteiger partial charge in [0.15, 0.2) is 17.9 Å². The number of thiophene rings is 1. The highest BCUT2D eigenvalue weighted by Gasteiger charge is 2.05. The first kappa shape index (κ1) is 9.86. The molecular formula is C11H7FO2S. The van der Waals surface area contributed by atoms with Gasteiger partial charge in [-0.1, -0.05) is 6.07 Å². The van der Waals surface area contributed by atoms with Gasteiger partial charge >= 0.3 is 0 Å². The van der Waals surface area contributed by atoms with E-state index in [9.17, 15) is 9.18 Å². The monoisotopic (exact) mass is 222 g/mol. The fourth-order valence-corrected chi connectivity index (χ4v) is 1.97. The predicted octanol–water partition coefficient (Wildman–Crippen LogP) is 3.07. The molecule has 1 N–H and O–H groups in total. The Labute approximate surface area is 89.6 Å². The third kappa shape index (κ3) is 1.89. The lowest BCUT2D eigenvalue weighted by atomic mass is 10.1. The predicted molar refractivity (Wildman–Crippen MR) is 56.8 cm³/mol. The molecule has 0 unspecified atom stereocenters. The van der Waals surface area contributed by atoms with Crippen LogP contribution < -0.4 is 0 Å². The second kappa shape index (κ2) is 3.82. The number of halogens is 1. The number of phenolic OH excluding ortho intramolecular Hbond substituents is 1. The lowest BCUT2D eigenvalue weighted by molar-refractivity contribution is 0.112. The molecule has 0 atom stereocenters. The van der Waals surface area contributed by atoms with Crippen LogP contribution in [0.3, 0.4) is 0 Å². The molecule has 0 bridgehead atoms. The molecule has 0 amide bonds. The van der Waals surface area contributed by atoms with E-state index >= 15 is 0 Å². The average molecular weight is 222 g/mol. The number of phenols is 1. The summed E-state index contributed by atoms with van der Waals surface area (Å²) in [6.45, 7) is 0. The fraction of sp³-hybridized carbons (Fsp3) is 0. The summed E-state index contributed by atoms with van der Waals surface area (Å²) in [7, 11) is 0. The topological polar surface area (TPSA) is 37.3 Å². The zero-order chi connectivity index (χ0) is 10.8. The van der Waals surface area contributed by atoms with Crippen LogP contribution in [0.2, 0.25) is 0 Å².